The van der Waals surface area contributed by atoms with Gasteiger partial charge in [-0.25, -0.2) is 8.78 Å². The van der Waals surface area contributed by atoms with Gasteiger partial charge in [0, 0.05) is 6.07 Å². The van der Waals surface area contributed by atoms with Crippen molar-refractivity contribution in [2.45, 2.75) is 58.3 Å². The number of hydrogen-bond donors (Lipinski definition) is 0. The molecule has 4 heteroatoms. The maximum Gasteiger partial charge on any atom is 0.314 e. The summed E-state index contributed by atoms with van der Waals surface area (Å²) in [5.74, 6) is -1.57. The quantitative estimate of drug-likeness (QED) is 0.407. The van der Waals surface area contributed by atoms with E-state index in [-0.39, 0.29) is 17.6 Å². The first-order valence-electron chi connectivity index (χ1n) is 8.27. The van der Waals surface area contributed by atoms with Crippen molar-refractivity contribution in [1.29, 1.82) is 0 Å². The van der Waals surface area contributed by atoms with Crippen LogP contribution in [0.5, 0.6) is 5.75 Å². The number of hydrogen-bond acceptors (Lipinski definition) is 2. The number of esters is 1. The lowest BCUT2D eigenvalue weighted by molar-refractivity contribution is -0.140. The number of carbonyl (C=O) groups excluding carboxylic acids is 1. The van der Waals surface area contributed by atoms with E-state index < -0.39 is 11.6 Å². The maximum absolute atomic E-state index is 13.1. The number of benzene rings is 1. The van der Waals surface area contributed by atoms with Crippen LogP contribution in [0, 0.1) is 23.5 Å². The van der Waals surface area contributed by atoms with E-state index in [4.69, 9.17) is 4.74 Å². The Kier molecular flexibility index (Phi) is 6.34. The Morgan fingerprint density at radius 1 is 1.14 bits per heavy atom. The third kappa shape index (κ3) is 4.79. The molecule has 0 aromatic heterocycles. The summed E-state index contributed by atoms with van der Waals surface area (Å²) in [6.45, 7) is 2.20. The standard InChI is InChI=1S/C18H24F2O2/c1-2-3-4-5-13-6-8-14(9-7-13)18(21)22-15-10-11-16(19)17(20)12-15/h10-14H,2-9H2,1H3. The van der Waals surface area contributed by atoms with Crippen molar-refractivity contribution in [2.75, 3.05) is 0 Å². The largest absolute Gasteiger partial charge is 0.426 e. The van der Waals surface area contributed by atoms with Gasteiger partial charge in [0.2, 0.25) is 0 Å². The molecule has 0 saturated heterocycles. The van der Waals surface area contributed by atoms with Gasteiger partial charge in [-0.3, -0.25) is 4.79 Å². The molecule has 1 aliphatic rings. The van der Waals surface area contributed by atoms with E-state index in [0.29, 0.717) is 0 Å². The summed E-state index contributed by atoms with van der Waals surface area (Å²) < 4.78 is 31.1. The van der Waals surface area contributed by atoms with E-state index >= 15 is 0 Å². The molecule has 0 aliphatic heterocycles. The lowest BCUT2D eigenvalue weighted by Crippen LogP contribution is -2.25. The minimum absolute atomic E-state index is 0.0777. The van der Waals surface area contributed by atoms with Crippen molar-refractivity contribution >= 4 is 5.97 Å². The van der Waals surface area contributed by atoms with Gasteiger partial charge in [-0.1, -0.05) is 32.6 Å². The van der Waals surface area contributed by atoms with Gasteiger partial charge < -0.3 is 4.74 Å². The van der Waals surface area contributed by atoms with Crippen LogP contribution in [0.15, 0.2) is 18.2 Å². The third-order valence-corrected chi connectivity index (χ3v) is 4.51. The van der Waals surface area contributed by atoms with Gasteiger partial charge in [-0.15, -0.1) is 0 Å². The summed E-state index contributed by atoms with van der Waals surface area (Å²) in [6.07, 6.45) is 8.80. The van der Waals surface area contributed by atoms with E-state index in [2.05, 4.69) is 6.92 Å². The molecule has 1 fully saturated rings. The molecule has 1 aromatic rings. The average molecular weight is 310 g/mol. The second-order valence-corrected chi connectivity index (χ2v) is 6.21. The SMILES string of the molecule is CCCCCC1CCC(C(=O)Oc2ccc(F)c(F)c2)CC1. The second kappa shape index (κ2) is 8.25. The fourth-order valence-electron chi connectivity index (χ4n) is 3.11. The maximum atomic E-state index is 13.1. The Hall–Kier alpha value is -1.45. The molecule has 0 N–H and O–H groups in total. The molecule has 1 saturated carbocycles. The molecule has 0 radical (unpaired) electrons. The minimum Gasteiger partial charge on any atom is -0.426 e. The van der Waals surface area contributed by atoms with Gasteiger partial charge >= 0.3 is 5.97 Å². The van der Waals surface area contributed by atoms with Crippen LogP contribution in [-0.4, -0.2) is 5.97 Å². The third-order valence-electron chi connectivity index (χ3n) is 4.51. The first-order valence-corrected chi connectivity index (χ1v) is 8.27. The molecule has 2 nitrogen and oxygen atoms in total. The first-order chi connectivity index (χ1) is 10.6. The van der Waals surface area contributed by atoms with Crippen LogP contribution in [0.25, 0.3) is 0 Å². The Morgan fingerprint density at radius 2 is 1.86 bits per heavy atom. The zero-order valence-electron chi connectivity index (χ0n) is 13.1. The van der Waals surface area contributed by atoms with Gasteiger partial charge in [0.15, 0.2) is 11.6 Å². The van der Waals surface area contributed by atoms with Gasteiger partial charge in [0.1, 0.15) is 5.75 Å². The average Bonchev–Trinajstić information content (AvgIpc) is 2.52. The molecular weight excluding hydrogens is 286 g/mol. The van der Waals surface area contributed by atoms with E-state index in [9.17, 15) is 13.6 Å². The molecule has 0 heterocycles. The number of rotatable bonds is 6. The molecule has 122 valence electrons. The van der Waals surface area contributed by atoms with Crippen molar-refractivity contribution in [3.05, 3.63) is 29.8 Å². The highest BCUT2D eigenvalue weighted by atomic mass is 19.2. The molecule has 1 aliphatic carbocycles. The summed E-state index contributed by atoms with van der Waals surface area (Å²) in [4.78, 5) is 12.1. The summed E-state index contributed by atoms with van der Waals surface area (Å²) in [5.41, 5.74) is 0. The van der Waals surface area contributed by atoms with E-state index in [1.807, 2.05) is 0 Å². The van der Waals surface area contributed by atoms with Crippen LogP contribution < -0.4 is 4.74 Å². The van der Waals surface area contributed by atoms with Crippen molar-refractivity contribution in [1.82, 2.24) is 0 Å². The summed E-state index contributed by atoms with van der Waals surface area (Å²) >= 11 is 0. The summed E-state index contributed by atoms with van der Waals surface area (Å²) in [5, 5.41) is 0. The summed E-state index contributed by atoms with van der Waals surface area (Å²) in [6, 6.07) is 3.18. The first kappa shape index (κ1) is 16.9. The highest BCUT2D eigenvalue weighted by Gasteiger charge is 2.27. The number of unbranched alkanes of at least 4 members (excludes halogenated alkanes) is 2. The van der Waals surface area contributed by atoms with Crippen LogP contribution in [0.3, 0.4) is 0 Å². The smallest absolute Gasteiger partial charge is 0.314 e. The number of ether oxygens (including phenoxy) is 1. The lowest BCUT2D eigenvalue weighted by atomic mass is 9.80. The lowest BCUT2D eigenvalue weighted by Gasteiger charge is -2.27. The Morgan fingerprint density at radius 3 is 2.50 bits per heavy atom. The Labute approximate surface area is 130 Å². The zero-order valence-corrected chi connectivity index (χ0v) is 13.1. The molecular formula is C18H24F2O2. The monoisotopic (exact) mass is 310 g/mol. The minimum atomic E-state index is -0.995. The number of carbonyl (C=O) groups is 1. The van der Waals surface area contributed by atoms with E-state index in [0.717, 1.165) is 43.7 Å². The molecule has 0 atom stereocenters. The van der Waals surface area contributed by atoms with Crippen molar-refractivity contribution < 1.29 is 18.3 Å². The Bertz CT molecular complexity index is 494. The topological polar surface area (TPSA) is 26.3 Å². The Balaban J connectivity index is 1.78. The van der Waals surface area contributed by atoms with Crippen LogP contribution in [-0.2, 0) is 4.79 Å². The van der Waals surface area contributed by atoms with Crippen molar-refractivity contribution in [3.63, 3.8) is 0 Å². The molecule has 0 unspecified atom stereocenters. The number of halogens is 2. The van der Waals surface area contributed by atoms with Crippen molar-refractivity contribution in [3.8, 4) is 5.75 Å². The fourth-order valence-corrected chi connectivity index (χ4v) is 3.11. The van der Waals surface area contributed by atoms with E-state index in [1.54, 1.807) is 0 Å². The molecule has 0 bridgehead atoms. The van der Waals surface area contributed by atoms with Gasteiger partial charge in [-0.05, 0) is 43.7 Å². The van der Waals surface area contributed by atoms with Crippen LogP contribution in [0.2, 0.25) is 0 Å². The normalized spacial score (nSPS) is 21.6. The van der Waals surface area contributed by atoms with Crippen molar-refractivity contribution in [2.24, 2.45) is 11.8 Å². The van der Waals surface area contributed by atoms with Crippen LogP contribution in [0.4, 0.5) is 8.78 Å². The fraction of sp³-hybridized carbons (Fsp3) is 0.611. The molecule has 2 rings (SSSR count). The predicted octanol–water partition coefficient (Wildman–Crippen LogP) is 5.26. The molecule has 0 spiro atoms. The van der Waals surface area contributed by atoms with Crippen LogP contribution in [0.1, 0.15) is 58.3 Å². The van der Waals surface area contributed by atoms with Crippen LogP contribution >= 0.6 is 0 Å². The zero-order chi connectivity index (χ0) is 15.9. The highest BCUT2D eigenvalue weighted by molar-refractivity contribution is 5.75. The van der Waals surface area contributed by atoms with Gasteiger partial charge in [0.25, 0.3) is 0 Å². The summed E-state index contributed by atoms with van der Waals surface area (Å²) in [7, 11) is 0. The molecule has 0 amide bonds. The van der Waals surface area contributed by atoms with E-state index in [1.165, 1.54) is 31.7 Å². The molecule has 22 heavy (non-hydrogen) atoms. The highest BCUT2D eigenvalue weighted by Crippen LogP contribution is 2.33. The second-order valence-electron chi connectivity index (χ2n) is 6.21. The molecule has 1 aromatic carbocycles. The van der Waals surface area contributed by atoms with Gasteiger partial charge in [-0.2, -0.15) is 0 Å². The predicted molar refractivity (Wildman–Crippen MR) is 81.6 cm³/mol. The van der Waals surface area contributed by atoms with Gasteiger partial charge in [0.05, 0.1) is 5.92 Å².